The Bertz CT molecular complexity index is 1080. The van der Waals surface area contributed by atoms with Gasteiger partial charge in [-0.15, -0.1) is 0 Å². The molecule has 0 bridgehead atoms. The molecule has 0 N–H and O–H groups in total. The van der Waals surface area contributed by atoms with Crippen LogP contribution in [0.3, 0.4) is 0 Å². The average Bonchev–Trinajstić information content (AvgIpc) is 2.67. The number of hydrogen-bond acceptors (Lipinski definition) is 2. The van der Waals surface area contributed by atoms with Crippen LogP contribution in [-0.2, 0) is 13.1 Å². The van der Waals surface area contributed by atoms with Gasteiger partial charge < -0.3 is 9.47 Å². The highest BCUT2D eigenvalue weighted by Crippen LogP contribution is 2.18. The van der Waals surface area contributed by atoms with E-state index in [9.17, 15) is 14.0 Å². The summed E-state index contributed by atoms with van der Waals surface area (Å²) in [5, 5.41) is 0.549. The minimum Gasteiger partial charge on any atom is -0.337 e. The maximum absolute atomic E-state index is 14.0. The lowest BCUT2D eigenvalue weighted by Crippen LogP contribution is -2.29. The zero-order chi connectivity index (χ0) is 20.3. The van der Waals surface area contributed by atoms with E-state index < -0.39 is 0 Å². The normalized spacial score (nSPS) is 10.7. The van der Waals surface area contributed by atoms with E-state index >= 15 is 0 Å². The Morgan fingerprint density at radius 3 is 2.64 bits per heavy atom. The van der Waals surface area contributed by atoms with Crippen LogP contribution in [0.25, 0.3) is 0 Å². The van der Waals surface area contributed by atoms with Gasteiger partial charge in [0.25, 0.3) is 11.5 Å². The first-order valence-corrected chi connectivity index (χ1v) is 9.65. The summed E-state index contributed by atoms with van der Waals surface area (Å²) in [7, 11) is 1.59. The number of halogens is 3. The number of benzene rings is 2. The molecule has 3 aromatic rings. The third-order valence-electron chi connectivity index (χ3n) is 4.29. The summed E-state index contributed by atoms with van der Waals surface area (Å²) in [6.07, 6.45) is 1.50. The van der Waals surface area contributed by atoms with E-state index in [-0.39, 0.29) is 30.4 Å². The second-order valence-electron chi connectivity index (χ2n) is 6.37. The number of pyridine rings is 1. The molecule has 144 valence electrons. The molecule has 0 aliphatic carbocycles. The van der Waals surface area contributed by atoms with Gasteiger partial charge in [0.15, 0.2) is 0 Å². The molecule has 3 rings (SSSR count). The van der Waals surface area contributed by atoms with E-state index in [1.807, 2.05) is 18.2 Å². The van der Waals surface area contributed by atoms with E-state index in [1.165, 1.54) is 33.9 Å². The van der Waals surface area contributed by atoms with Crippen LogP contribution in [0.5, 0.6) is 0 Å². The summed E-state index contributed by atoms with van der Waals surface area (Å²) in [5.41, 5.74) is 1.27. The predicted octanol–water partition coefficient (Wildman–Crippen LogP) is 4.72. The van der Waals surface area contributed by atoms with Crippen molar-refractivity contribution in [1.29, 1.82) is 0 Å². The van der Waals surface area contributed by atoms with Crippen molar-refractivity contribution in [1.82, 2.24) is 9.47 Å². The first-order valence-electron chi connectivity index (χ1n) is 8.48. The maximum Gasteiger partial charge on any atom is 0.255 e. The maximum atomic E-state index is 14.0. The van der Waals surface area contributed by atoms with Gasteiger partial charge in [-0.1, -0.05) is 45.7 Å². The van der Waals surface area contributed by atoms with Crippen molar-refractivity contribution in [2.24, 2.45) is 0 Å². The van der Waals surface area contributed by atoms with Crippen LogP contribution in [-0.4, -0.2) is 22.4 Å². The average molecular weight is 464 g/mol. The summed E-state index contributed by atoms with van der Waals surface area (Å²) in [6.45, 7) is 0.358. The van der Waals surface area contributed by atoms with Gasteiger partial charge in [-0.3, -0.25) is 9.59 Å². The first kappa shape index (κ1) is 20.3. The van der Waals surface area contributed by atoms with Gasteiger partial charge in [0, 0.05) is 40.9 Å². The second kappa shape index (κ2) is 8.71. The SMILES string of the molecule is CN(Cc1cc(Br)ccc1F)C(=O)c1ccc(=O)n(Cc2ccccc2Cl)c1. The Labute approximate surface area is 175 Å². The zero-order valence-corrected chi connectivity index (χ0v) is 17.4. The van der Waals surface area contributed by atoms with Gasteiger partial charge in [0.1, 0.15) is 5.82 Å². The van der Waals surface area contributed by atoms with E-state index in [0.717, 1.165) is 10.0 Å². The van der Waals surface area contributed by atoms with E-state index in [4.69, 9.17) is 11.6 Å². The summed E-state index contributed by atoms with van der Waals surface area (Å²) in [6, 6.07) is 14.6. The number of aromatic nitrogens is 1. The van der Waals surface area contributed by atoms with Gasteiger partial charge in [-0.2, -0.15) is 0 Å². The van der Waals surface area contributed by atoms with E-state index in [1.54, 1.807) is 25.2 Å². The Hall–Kier alpha value is -2.44. The third kappa shape index (κ3) is 4.69. The molecule has 0 aliphatic heterocycles. The molecule has 0 aliphatic rings. The summed E-state index contributed by atoms with van der Waals surface area (Å²) >= 11 is 9.47. The lowest BCUT2D eigenvalue weighted by atomic mass is 10.1. The monoisotopic (exact) mass is 462 g/mol. The molecule has 1 amide bonds. The van der Waals surface area contributed by atoms with Crippen molar-refractivity contribution >= 4 is 33.4 Å². The first-order chi connectivity index (χ1) is 13.3. The lowest BCUT2D eigenvalue weighted by molar-refractivity contribution is 0.0783. The highest BCUT2D eigenvalue weighted by Gasteiger charge is 2.16. The molecule has 0 atom stereocenters. The topological polar surface area (TPSA) is 42.3 Å². The molecular weight excluding hydrogens is 447 g/mol. The fourth-order valence-corrected chi connectivity index (χ4v) is 3.41. The highest BCUT2D eigenvalue weighted by atomic mass is 79.9. The molecule has 4 nitrogen and oxygen atoms in total. The second-order valence-corrected chi connectivity index (χ2v) is 7.70. The van der Waals surface area contributed by atoms with Gasteiger partial charge >= 0.3 is 0 Å². The predicted molar refractivity (Wildman–Crippen MR) is 111 cm³/mol. The van der Waals surface area contributed by atoms with Crippen molar-refractivity contribution < 1.29 is 9.18 Å². The summed E-state index contributed by atoms with van der Waals surface area (Å²) in [5.74, 6) is -0.696. The summed E-state index contributed by atoms with van der Waals surface area (Å²) < 4.78 is 16.1. The van der Waals surface area contributed by atoms with Crippen molar-refractivity contribution in [2.45, 2.75) is 13.1 Å². The van der Waals surface area contributed by atoms with Crippen LogP contribution in [0.2, 0.25) is 5.02 Å². The van der Waals surface area contributed by atoms with Crippen LogP contribution in [0, 0.1) is 5.82 Å². The fourth-order valence-electron chi connectivity index (χ4n) is 2.80. The van der Waals surface area contributed by atoms with Crippen LogP contribution in [0.1, 0.15) is 21.5 Å². The molecule has 0 saturated heterocycles. The Kier molecular flexibility index (Phi) is 6.31. The molecule has 0 fully saturated rings. The molecule has 0 saturated carbocycles. The largest absolute Gasteiger partial charge is 0.337 e. The number of carbonyl (C=O) groups is 1. The molecule has 7 heteroatoms. The van der Waals surface area contributed by atoms with Gasteiger partial charge in [-0.05, 0) is 35.9 Å². The molecule has 1 heterocycles. The highest BCUT2D eigenvalue weighted by molar-refractivity contribution is 9.10. The lowest BCUT2D eigenvalue weighted by Gasteiger charge is -2.18. The molecule has 2 aromatic carbocycles. The van der Waals surface area contributed by atoms with Gasteiger partial charge in [0.2, 0.25) is 0 Å². The van der Waals surface area contributed by atoms with Crippen molar-refractivity contribution in [3.05, 3.63) is 103 Å². The number of amides is 1. The smallest absolute Gasteiger partial charge is 0.255 e. The number of hydrogen-bond donors (Lipinski definition) is 0. The van der Waals surface area contributed by atoms with Crippen LogP contribution >= 0.6 is 27.5 Å². The standard InChI is InChI=1S/C21H17BrClFN2O2/c1-25(11-16-10-17(22)7-8-19(16)24)21(28)15-6-9-20(27)26(13-15)12-14-4-2-3-5-18(14)23/h2-10,13H,11-12H2,1H3. The molecule has 0 spiro atoms. The zero-order valence-electron chi connectivity index (χ0n) is 15.0. The summed E-state index contributed by atoms with van der Waals surface area (Å²) in [4.78, 5) is 26.4. The number of rotatable bonds is 5. The third-order valence-corrected chi connectivity index (χ3v) is 5.15. The van der Waals surface area contributed by atoms with Crippen molar-refractivity contribution in [2.75, 3.05) is 7.05 Å². The minimum atomic E-state index is -0.383. The molecule has 0 unspecified atom stereocenters. The Balaban J connectivity index is 1.83. The molecule has 1 aromatic heterocycles. The van der Waals surface area contributed by atoms with Crippen LogP contribution in [0.4, 0.5) is 4.39 Å². The van der Waals surface area contributed by atoms with Crippen molar-refractivity contribution in [3.63, 3.8) is 0 Å². The Morgan fingerprint density at radius 1 is 1.14 bits per heavy atom. The number of nitrogens with zero attached hydrogens (tertiary/aromatic N) is 2. The molecular formula is C21H17BrClFN2O2. The molecule has 0 radical (unpaired) electrons. The minimum absolute atomic E-state index is 0.105. The number of carbonyl (C=O) groups excluding carboxylic acids is 1. The van der Waals surface area contributed by atoms with Crippen LogP contribution < -0.4 is 5.56 Å². The quantitative estimate of drug-likeness (QED) is 0.549. The Morgan fingerprint density at radius 2 is 1.89 bits per heavy atom. The van der Waals surface area contributed by atoms with Crippen LogP contribution in [0.15, 0.2) is 70.1 Å². The molecule has 28 heavy (non-hydrogen) atoms. The van der Waals surface area contributed by atoms with E-state index in [2.05, 4.69) is 15.9 Å². The van der Waals surface area contributed by atoms with E-state index in [0.29, 0.717) is 16.1 Å². The fraction of sp³-hybridized carbons (Fsp3) is 0.143. The van der Waals surface area contributed by atoms with Gasteiger partial charge in [-0.25, -0.2) is 4.39 Å². The van der Waals surface area contributed by atoms with Gasteiger partial charge in [0.05, 0.1) is 12.1 Å². The van der Waals surface area contributed by atoms with Crippen molar-refractivity contribution in [3.8, 4) is 0 Å².